The van der Waals surface area contributed by atoms with Crippen LogP contribution in [-0.4, -0.2) is 25.7 Å². The number of hydrogen-bond acceptors (Lipinski definition) is 3. The van der Waals surface area contributed by atoms with Gasteiger partial charge in [-0.25, -0.2) is 9.35 Å². The van der Waals surface area contributed by atoms with Gasteiger partial charge in [0.05, 0.1) is 23.2 Å². The standard InChI is InChI=1S/C7H13N3O2S/c1-7(2,5-11)10-4-6(3-9-10)13(8)12/h3-4,11H,5,8H2,1-2H3. The first kappa shape index (κ1) is 10.4. The summed E-state index contributed by atoms with van der Waals surface area (Å²) in [6, 6.07) is 0. The lowest BCUT2D eigenvalue weighted by molar-refractivity contribution is 0.152. The maximum absolute atomic E-state index is 10.8. The molecule has 6 heteroatoms. The van der Waals surface area contributed by atoms with Gasteiger partial charge in [-0.3, -0.25) is 4.68 Å². The second-order valence-electron chi connectivity index (χ2n) is 3.39. The van der Waals surface area contributed by atoms with Crippen molar-refractivity contribution in [2.24, 2.45) is 5.14 Å². The molecule has 1 aromatic heterocycles. The highest BCUT2D eigenvalue weighted by Crippen LogP contribution is 2.14. The van der Waals surface area contributed by atoms with Gasteiger partial charge in [0, 0.05) is 6.20 Å². The predicted octanol–water partition coefficient (Wildman–Crippen LogP) is -0.408. The predicted molar refractivity (Wildman–Crippen MR) is 49.2 cm³/mol. The van der Waals surface area contributed by atoms with Crippen molar-refractivity contribution in [3.8, 4) is 0 Å². The zero-order valence-electron chi connectivity index (χ0n) is 7.60. The fourth-order valence-electron chi connectivity index (χ4n) is 0.814. The molecular weight excluding hydrogens is 190 g/mol. The number of nitrogens with zero attached hydrogens (tertiary/aromatic N) is 2. The van der Waals surface area contributed by atoms with Crippen molar-refractivity contribution in [3.05, 3.63) is 12.4 Å². The maximum Gasteiger partial charge on any atom is 0.125 e. The molecule has 1 rings (SSSR count). The van der Waals surface area contributed by atoms with Gasteiger partial charge in [0.25, 0.3) is 0 Å². The van der Waals surface area contributed by atoms with Crippen molar-refractivity contribution in [3.63, 3.8) is 0 Å². The summed E-state index contributed by atoms with van der Waals surface area (Å²) in [5.41, 5.74) is -0.488. The van der Waals surface area contributed by atoms with Gasteiger partial charge in [0.15, 0.2) is 0 Å². The van der Waals surface area contributed by atoms with Crippen molar-refractivity contribution in [2.75, 3.05) is 6.61 Å². The number of nitrogens with two attached hydrogens (primary N) is 1. The second-order valence-corrected chi connectivity index (χ2v) is 4.45. The van der Waals surface area contributed by atoms with Crippen molar-refractivity contribution in [2.45, 2.75) is 24.3 Å². The summed E-state index contributed by atoms with van der Waals surface area (Å²) in [6.07, 6.45) is 3.01. The topological polar surface area (TPSA) is 81.1 Å². The highest BCUT2D eigenvalue weighted by molar-refractivity contribution is 7.82. The Morgan fingerprint density at radius 3 is 2.77 bits per heavy atom. The molecule has 0 spiro atoms. The van der Waals surface area contributed by atoms with Crippen LogP contribution in [0.2, 0.25) is 0 Å². The SMILES string of the molecule is CC(C)(CO)n1cc(S(N)=O)cn1. The number of rotatable bonds is 3. The molecule has 1 unspecified atom stereocenters. The normalized spacial score (nSPS) is 14.5. The van der Waals surface area contributed by atoms with Crippen molar-refractivity contribution < 1.29 is 9.32 Å². The summed E-state index contributed by atoms with van der Waals surface area (Å²) < 4.78 is 12.4. The molecule has 1 heterocycles. The Labute approximate surface area is 79.1 Å². The minimum Gasteiger partial charge on any atom is -0.394 e. The molecule has 0 radical (unpaired) electrons. The molecule has 0 amide bonds. The Morgan fingerprint density at radius 2 is 2.38 bits per heavy atom. The first-order valence-corrected chi connectivity index (χ1v) is 5.01. The van der Waals surface area contributed by atoms with E-state index in [0.29, 0.717) is 4.90 Å². The van der Waals surface area contributed by atoms with Crippen LogP contribution in [0, 0.1) is 0 Å². The lowest BCUT2D eigenvalue weighted by Crippen LogP contribution is -2.30. The fourth-order valence-corrected chi connectivity index (χ4v) is 1.17. The Balaban J connectivity index is 2.98. The van der Waals surface area contributed by atoms with E-state index in [1.165, 1.54) is 6.20 Å². The molecule has 0 aliphatic rings. The third kappa shape index (κ3) is 2.15. The third-order valence-corrected chi connectivity index (χ3v) is 2.47. The van der Waals surface area contributed by atoms with Crippen LogP contribution in [0.15, 0.2) is 17.3 Å². The Morgan fingerprint density at radius 1 is 1.77 bits per heavy atom. The first-order chi connectivity index (χ1) is 5.97. The minimum atomic E-state index is -1.51. The maximum atomic E-state index is 10.8. The van der Waals surface area contributed by atoms with Gasteiger partial charge in [0.1, 0.15) is 11.0 Å². The molecule has 0 saturated carbocycles. The molecule has 13 heavy (non-hydrogen) atoms. The molecule has 0 saturated heterocycles. The highest BCUT2D eigenvalue weighted by Gasteiger charge is 2.20. The number of aromatic nitrogens is 2. The Kier molecular flexibility index (Phi) is 2.84. The van der Waals surface area contributed by atoms with Gasteiger partial charge in [-0.1, -0.05) is 0 Å². The number of aliphatic hydroxyl groups is 1. The molecule has 5 nitrogen and oxygen atoms in total. The van der Waals surface area contributed by atoms with Crippen LogP contribution < -0.4 is 5.14 Å². The van der Waals surface area contributed by atoms with Crippen molar-refractivity contribution >= 4 is 11.0 Å². The average Bonchev–Trinajstić information content (AvgIpc) is 2.52. The van der Waals surface area contributed by atoms with E-state index in [2.05, 4.69) is 5.10 Å². The van der Waals surface area contributed by atoms with E-state index in [-0.39, 0.29) is 6.61 Å². The summed E-state index contributed by atoms with van der Waals surface area (Å²) in [5, 5.41) is 18.2. The molecule has 0 aliphatic carbocycles. The summed E-state index contributed by atoms with van der Waals surface area (Å²) in [4.78, 5) is 0.460. The Bertz CT molecular complexity index is 321. The number of hydrogen-bond donors (Lipinski definition) is 2. The van der Waals surface area contributed by atoms with Gasteiger partial charge in [0.2, 0.25) is 0 Å². The molecule has 3 N–H and O–H groups in total. The summed E-state index contributed by atoms with van der Waals surface area (Å²) in [7, 11) is -1.51. The Hall–Kier alpha value is -0.720. The average molecular weight is 203 g/mol. The fraction of sp³-hybridized carbons (Fsp3) is 0.571. The molecule has 0 fully saturated rings. The summed E-state index contributed by atoms with van der Waals surface area (Å²) in [5.74, 6) is 0. The molecule has 0 aromatic carbocycles. The molecular formula is C7H13N3O2S. The van der Waals surface area contributed by atoms with Crippen LogP contribution in [0.3, 0.4) is 0 Å². The highest BCUT2D eigenvalue weighted by atomic mass is 32.2. The van der Waals surface area contributed by atoms with Crippen LogP contribution >= 0.6 is 0 Å². The first-order valence-electron chi connectivity index (χ1n) is 3.79. The molecule has 1 aromatic rings. The molecule has 1 atom stereocenters. The molecule has 0 aliphatic heterocycles. The van der Waals surface area contributed by atoms with Crippen LogP contribution in [0.1, 0.15) is 13.8 Å². The van der Waals surface area contributed by atoms with Crippen LogP contribution in [0.25, 0.3) is 0 Å². The summed E-state index contributed by atoms with van der Waals surface area (Å²) in [6.45, 7) is 3.61. The quantitative estimate of drug-likeness (QED) is 0.701. The van der Waals surface area contributed by atoms with Gasteiger partial charge >= 0.3 is 0 Å². The summed E-state index contributed by atoms with van der Waals surface area (Å²) >= 11 is 0. The minimum absolute atomic E-state index is 0.0364. The van der Waals surface area contributed by atoms with Crippen LogP contribution in [0.4, 0.5) is 0 Å². The third-order valence-electron chi connectivity index (χ3n) is 1.80. The van der Waals surface area contributed by atoms with E-state index in [9.17, 15) is 4.21 Å². The van der Waals surface area contributed by atoms with E-state index in [1.54, 1.807) is 10.9 Å². The largest absolute Gasteiger partial charge is 0.394 e. The van der Waals surface area contributed by atoms with E-state index >= 15 is 0 Å². The number of aliphatic hydroxyl groups excluding tert-OH is 1. The van der Waals surface area contributed by atoms with Gasteiger partial charge in [-0.2, -0.15) is 5.10 Å². The molecule has 0 bridgehead atoms. The zero-order valence-corrected chi connectivity index (χ0v) is 8.41. The monoisotopic (exact) mass is 203 g/mol. The van der Waals surface area contributed by atoms with Crippen LogP contribution in [-0.2, 0) is 16.5 Å². The smallest absolute Gasteiger partial charge is 0.125 e. The van der Waals surface area contributed by atoms with Crippen molar-refractivity contribution in [1.82, 2.24) is 9.78 Å². The van der Waals surface area contributed by atoms with E-state index < -0.39 is 16.5 Å². The van der Waals surface area contributed by atoms with Gasteiger partial charge in [-0.05, 0) is 13.8 Å². The van der Waals surface area contributed by atoms with E-state index in [4.69, 9.17) is 10.2 Å². The zero-order chi connectivity index (χ0) is 10.1. The van der Waals surface area contributed by atoms with Gasteiger partial charge in [-0.15, -0.1) is 0 Å². The van der Waals surface area contributed by atoms with Gasteiger partial charge < -0.3 is 5.11 Å². The molecule has 74 valence electrons. The lowest BCUT2D eigenvalue weighted by atomic mass is 10.1. The van der Waals surface area contributed by atoms with Crippen LogP contribution in [0.5, 0.6) is 0 Å². The van der Waals surface area contributed by atoms with E-state index in [1.807, 2.05) is 13.8 Å². The van der Waals surface area contributed by atoms with E-state index in [0.717, 1.165) is 0 Å². The van der Waals surface area contributed by atoms with Crippen molar-refractivity contribution in [1.29, 1.82) is 0 Å². The lowest BCUT2D eigenvalue weighted by Gasteiger charge is -2.21. The second kappa shape index (κ2) is 3.57.